The molecule has 0 spiro atoms. The molecule has 1 saturated heterocycles. The van der Waals surface area contributed by atoms with Gasteiger partial charge in [-0.25, -0.2) is 18.5 Å². The molecule has 1 unspecified atom stereocenters. The van der Waals surface area contributed by atoms with E-state index in [1.165, 1.54) is 39.6 Å². The number of alkyl halides is 3. The molecule has 16 heteroatoms. The Kier molecular flexibility index (Phi) is 9.64. The molecule has 3 aromatic heterocycles. The number of rotatable bonds is 9. The van der Waals surface area contributed by atoms with E-state index in [2.05, 4.69) is 43.7 Å². The van der Waals surface area contributed by atoms with Crippen LogP contribution in [-0.2, 0) is 32.0 Å². The Labute approximate surface area is 281 Å². The Hall–Kier alpha value is -3.31. The highest BCUT2D eigenvalue weighted by atomic mass is 32.2. The average molecular weight is 708 g/mol. The van der Waals surface area contributed by atoms with Gasteiger partial charge in [0.15, 0.2) is 19.8 Å². The molecule has 0 N–H and O–H groups in total. The van der Waals surface area contributed by atoms with Crippen molar-refractivity contribution in [2.24, 2.45) is 0 Å². The maximum absolute atomic E-state index is 14.0. The second kappa shape index (κ2) is 12.9. The summed E-state index contributed by atoms with van der Waals surface area (Å²) in [7, 11) is -3.31. The number of nitrogens with zero attached hydrogens (tertiary/aromatic N) is 7. The van der Waals surface area contributed by atoms with Gasteiger partial charge < -0.3 is 14.1 Å². The minimum absolute atomic E-state index is 0.0971. The van der Waals surface area contributed by atoms with Gasteiger partial charge in [0, 0.05) is 39.8 Å². The molecule has 1 aliphatic heterocycles. The third-order valence-corrected chi connectivity index (χ3v) is 15.6. The van der Waals surface area contributed by atoms with E-state index < -0.39 is 36.4 Å². The van der Waals surface area contributed by atoms with Gasteiger partial charge in [-0.1, -0.05) is 32.9 Å². The van der Waals surface area contributed by atoms with Crippen LogP contribution in [0.1, 0.15) is 61.9 Å². The number of imidazole rings is 2. The lowest BCUT2D eigenvalue weighted by Crippen LogP contribution is -2.41. The molecule has 5 rings (SSSR count). The van der Waals surface area contributed by atoms with Gasteiger partial charge in [0.05, 0.1) is 47.5 Å². The fourth-order valence-electron chi connectivity index (χ4n) is 5.49. The van der Waals surface area contributed by atoms with Crippen molar-refractivity contribution in [2.75, 3.05) is 45.3 Å². The summed E-state index contributed by atoms with van der Waals surface area (Å²) in [5.41, 5.74) is 2.29. The number of halogens is 3. The lowest BCUT2D eigenvalue weighted by Gasteiger charge is -2.38. The zero-order chi connectivity index (χ0) is 35.4. The predicted octanol–water partition coefficient (Wildman–Crippen LogP) is 6.08. The molecule has 1 aliphatic rings. The molecule has 4 heterocycles. The first-order chi connectivity index (χ1) is 22.2. The fourth-order valence-corrected chi connectivity index (χ4v) is 7.62. The molecule has 262 valence electrons. The molecule has 1 aromatic carbocycles. The van der Waals surface area contributed by atoms with Gasteiger partial charge in [-0.3, -0.25) is 0 Å². The highest BCUT2D eigenvalue weighted by molar-refractivity contribution is 7.87. The van der Waals surface area contributed by atoms with E-state index >= 15 is 0 Å². The van der Waals surface area contributed by atoms with Crippen LogP contribution in [0, 0.1) is 6.92 Å². The first kappa shape index (κ1) is 36.0. The summed E-state index contributed by atoms with van der Waals surface area (Å²) < 4.78 is 84.0. The summed E-state index contributed by atoms with van der Waals surface area (Å²) in [6.45, 7) is 16.2. The Morgan fingerprint density at radius 3 is 2.40 bits per heavy atom. The van der Waals surface area contributed by atoms with E-state index in [0.29, 0.717) is 66.0 Å². The number of aromatic nitrogens is 5. The van der Waals surface area contributed by atoms with Crippen LogP contribution >= 0.6 is 0 Å². The summed E-state index contributed by atoms with van der Waals surface area (Å²) in [5.74, 6) is 0.578. The molecule has 11 nitrogen and oxygen atoms in total. The molecular weight excluding hydrogens is 664 g/mol. The summed E-state index contributed by atoms with van der Waals surface area (Å²) >= 11 is 0. The van der Waals surface area contributed by atoms with Gasteiger partial charge in [0.1, 0.15) is 6.33 Å². The molecule has 1 atom stereocenters. The number of fused-ring (bicyclic) bond motifs is 1. The highest BCUT2D eigenvalue weighted by Gasteiger charge is 2.40. The number of hydrogen-bond acceptors (Lipinski definition) is 8. The summed E-state index contributed by atoms with van der Waals surface area (Å²) in [4.78, 5) is 11.6. The molecule has 0 bridgehead atoms. The van der Waals surface area contributed by atoms with E-state index in [1.807, 2.05) is 13.0 Å². The van der Waals surface area contributed by atoms with Gasteiger partial charge in [-0.15, -0.1) is 5.10 Å². The smallest absolute Gasteiger partial charge is 0.409 e. The lowest BCUT2D eigenvalue weighted by molar-refractivity contribution is -0.138. The number of anilines is 1. The molecular formula is C32H44F3N7O4SSi. The number of ether oxygens (including phenoxy) is 1. The van der Waals surface area contributed by atoms with E-state index in [0.717, 1.165) is 14.3 Å². The third-order valence-electron chi connectivity index (χ3n) is 9.37. The van der Waals surface area contributed by atoms with Crippen molar-refractivity contribution in [3.8, 4) is 11.3 Å². The fraction of sp³-hybridized carbons (Fsp3) is 0.531. The van der Waals surface area contributed by atoms with Crippen LogP contribution in [0.3, 0.4) is 0 Å². The largest absolute Gasteiger partial charge is 0.416 e. The van der Waals surface area contributed by atoms with Gasteiger partial charge in [0.25, 0.3) is 0 Å². The predicted molar refractivity (Wildman–Crippen MR) is 181 cm³/mol. The minimum Gasteiger partial charge on any atom is -0.409 e. The third kappa shape index (κ3) is 6.90. The number of morpholine rings is 1. The van der Waals surface area contributed by atoms with Crippen LogP contribution in [0.4, 0.5) is 19.0 Å². The lowest BCUT2D eigenvalue weighted by atomic mass is 9.97. The van der Waals surface area contributed by atoms with Crippen LogP contribution in [0.15, 0.2) is 36.8 Å². The topological polar surface area (TPSA) is 107 Å². The van der Waals surface area contributed by atoms with Crippen LogP contribution in [-0.4, -0.2) is 85.0 Å². The zero-order valence-corrected chi connectivity index (χ0v) is 30.7. The molecule has 4 aromatic rings. The summed E-state index contributed by atoms with van der Waals surface area (Å²) in [6, 6.07) is 6.01. The standard InChI is InChI=1S/C32H44F3N7O4SSi/c1-21-23(11-10-12-25(21)32(33,34)35)17-27-29(22(2)46-48(8,9)31(3,4)5)37-30-24(26-19-41(20-36-26)47(43,44)39(6)7)18-28(38-42(27)30)40-13-15-45-16-14-40/h10-12,18-20,22H,13-17H2,1-9H3. The molecule has 48 heavy (non-hydrogen) atoms. The second-order valence-corrected chi connectivity index (χ2v) is 20.7. The Morgan fingerprint density at radius 1 is 1.12 bits per heavy atom. The Bertz CT molecular complexity index is 1910. The maximum Gasteiger partial charge on any atom is 0.416 e. The van der Waals surface area contributed by atoms with E-state index in [1.54, 1.807) is 10.6 Å². The van der Waals surface area contributed by atoms with Crippen LogP contribution in [0.5, 0.6) is 0 Å². The normalized spacial score (nSPS) is 15.9. The first-order valence-corrected chi connectivity index (χ1v) is 20.1. The van der Waals surface area contributed by atoms with Crippen molar-refractivity contribution in [3.05, 3.63) is 64.9 Å². The van der Waals surface area contributed by atoms with Gasteiger partial charge in [-0.05, 0) is 55.2 Å². The monoisotopic (exact) mass is 707 g/mol. The molecule has 0 saturated carbocycles. The summed E-state index contributed by atoms with van der Waals surface area (Å²) in [5, 5.41) is 4.90. The van der Waals surface area contributed by atoms with Crippen LogP contribution in [0.25, 0.3) is 16.9 Å². The summed E-state index contributed by atoms with van der Waals surface area (Å²) in [6.07, 6.45) is -2.29. The van der Waals surface area contributed by atoms with E-state index in [9.17, 15) is 21.6 Å². The van der Waals surface area contributed by atoms with Gasteiger partial charge >= 0.3 is 16.4 Å². The van der Waals surface area contributed by atoms with Crippen LogP contribution in [0.2, 0.25) is 18.1 Å². The SMILES string of the molecule is Cc1c(Cc2c(C(C)O[Si](C)(C)C(C)(C)C)nc3c(-c4cn(S(=O)(=O)N(C)C)cn4)cc(N4CCOCC4)nn23)cccc1C(F)(F)F. The highest BCUT2D eigenvalue weighted by Crippen LogP contribution is 2.41. The maximum atomic E-state index is 14.0. The quantitative estimate of drug-likeness (QED) is 0.193. The Balaban J connectivity index is 1.78. The van der Waals surface area contributed by atoms with E-state index in [-0.39, 0.29) is 17.0 Å². The van der Waals surface area contributed by atoms with Crippen molar-refractivity contribution in [1.82, 2.24) is 27.9 Å². The molecule has 1 fully saturated rings. The minimum atomic E-state index is -4.51. The molecule has 0 radical (unpaired) electrons. The van der Waals surface area contributed by atoms with Crippen LogP contribution < -0.4 is 4.90 Å². The van der Waals surface area contributed by atoms with Crippen molar-refractivity contribution >= 4 is 30.0 Å². The van der Waals surface area contributed by atoms with Crippen molar-refractivity contribution in [1.29, 1.82) is 0 Å². The Morgan fingerprint density at radius 2 is 1.79 bits per heavy atom. The van der Waals surface area contributed by atoms with Gasteiger partial charge in [-0.2, -0.15) is 25.9 Å². The molecule has 0 aliphatic carbocycles. The average Bonchev–Trinajstić information content (AvgIpc) is 3.63. The van der Waals surface area contributed by atoms with Crippen molar-refractivity contribution < 1.29 is 30.8 Å². The van der Waals surface area contributed by atoms with Crippen molar-refractivity contribution in [3.63, 3.8) is 0 Å². The second-order valence-electron chi connectivity index (χ2n) is 13.9. The number of benzene rings is 1. The van der Waals surface area contributed by atoms with Gasteiger partial charge in [0.2, 0.25) is 0 Å². The van der Waals surface area contributed by atoms with Crippen molar-refractivity contribution in [2.45, 2.75) is 71.5 Å². The van der Waals surface area contributed by atoms with E-state index in [4.69, 9.17) is 19.2 Å². The molecule has 0 amide bonds. The zero-order valence-electron chi connectivity index (χ0n) is 28.9. The number of hydrogen-bond donors (Lipinski definition) is 0. The first-order valence-electron chi connectivity index (χ1n) is 15.8.